The number of aryl methyl sites for hydroxylation is 1. The molecule has 0 radical (unpaired) electrons. The Kier molecular flexibility index (Phi) is 3.29. The third-order valence-electron chi connectivity index (χ3n) is 4.44. The number of para-hydroxylation sites is 2. The van der Waals surface area contributed by atoms with Gasteiger partial charge in [0.1, 0.15) is 17.7 Å². The zero-order valence-electron chi connectivity index (χ0n) is 12.6. The van der Waals surface area contributed by atoms with E-state index in [1.54, 1.807) is 6.33 Å². The second kappa shape index (κ2) is 5.44. The highest BCUT2D eigenvalue weighted by Gasteiger charge is 2.23. The summed E-state index contributed by atoms with van der Waals surface area (Å²) >= 11 is 0. The summed E-state index contributed by atoms with van der Waals surface area (Å²) in [5.41, 5.74) is 1.79. The number of oxazole rings is 1. The van der Waals surface area contributed by atoms with Crippen LogP contribution in [0.1, 0.15) is 18.7 Å². The Morgan fingerprint density at radius 3 is 2.77 bits per heavy atom. The van der Waals surface area contributed by atoms with Gasteiger partial charge >= 0.3 is 0 Å². The van der Waals surface area contributed by atoms with E-state index in [-0.39, 0.29) is 0 Å². The Morgan fingerprint density at radius 1 is 1.23 bits per heavy atom. The molecule has 0 bridgehead atoms. The number of piperidine rings is 1. The summed E-state index contributed by atoms with van der Waals surface area (Å²) < 4.78 is 7.86. The minimum Gasteiger partial charge on any atom is -0.423 e. The zero-order valence-corrected chi connectivity index (χ0v) is 12.6. The lowest BCUT2D eigenvalue weighted by atomic mass is 9.93. The molecule has 1 aliphatic heterocycles. The molecule has 1 fully saturated rings. The highest BCUT2D eigenvalue weighted by molar-refractivity contribution is 5.74. The van der Waals surface area contributed by atoms with Crippen LogP contribution in [0.25, 0.3) is 11.1 Å². The molecule has 22 heavy (non-hydrogen) atoms. The van der Waals surface area contributed by atoms with Crippen LogP contribution >= 0.6 is 0 Å². The third-order valence-corrected chi connectivity index (χ3v) is 4.44. The molecule has 0 spiro atoms. The van der Waals surface area contributed by atoms with Gasteiger partial charge in [-0.15, -0.1) is 10.2 Å². The number of hydrogen-bond donors (Lipinski definition) is 0. The van der Waals surface area contributed by atoms with Gasteiger partial charge in [-0.2, -0.15) is 4.98 Å². The molecule has 6 nitrogen and oxygen atoms in total. The van der Waals surface area contributed by atoms with E-state index in [2.05, 4.69) is 20.1 Å². The van der Waals surface area contributed by atoms with Crippen molar-refractivity contribution in [2.24, 2.45) is 13.0 Å². The number of rotatable bonds is 3. The van der Waals surface area contributed by atoms with Crippen LogP contribution in [0.2, 0.25) is 0 Å². The van der Waals surface area contributed by atoms with Crippen molar-refractivity contribution in [3.8, 4) is 0 Å². The summed E-state index contributed by atoms with van der Waals surface area (Å²) in [6.07, 6.45) is 5.03. The Balaban J connectivity index is 1.42. The molecule has 0 aliphatic carbocycles. The summed E-state index contributed by atoms with van der Waals surface area (Å²) in [7, 11) is 2.00. The molecule has 0 saturated carbocycles. The van der Waals surface area contributed by atoms with Crippen LogP contribution < -0.4 is 4.90 Å². The first-order chi connectivity index (χ1) is 10.8. The van der Waals surface area contributed by atoms with Crippen LogP contribution in [0.5, 0.6) is 0 Å². The molecule has 114 valence electrons. The predicted octanol–water partition coefficient (Wildman–Crippen LogP) is 2.42. The standard InChI is InChI=1S/C16H19N5O/c1-20-11-17-19-15(20)10-12-6-8-21(9-7-12)16-18-13-4-2-3-5-14(13)22-16/h2-5,11-12H,6-10H2,1H3. The maximum atomic E-state index is 5.86. The van der Waals surface area contributed by atoms with Gasteiger partial charge in [0.05, 0.1) is 0 Å². The molecule has 1 aliphatic rings. The van der Waals surface area contributed by atoms with E-state index in [0.717, 1.165) is 55.3 Å². The molecule has 0 atom stereocenters. The summed E-state index contributed by atoms with van der Waals surface area (Å²) in [5, 5.41) is 8.14. The lowest BCUT2D eigenvalue weighted by Gasteiger charge is -2.30. The molecule has 0 N–H and O–H groups in total. The Labute approximate surface area is 128 Å². The molecule has 0 unspecified atom stereocenters. The summed E-state index contributed by atoms with van der Waals surface area (Å²) in [6.45, 7) is 1.96. The topological polar surface area (TPSA) is 60.0 Å². The molecule has 1 aromatic carbocycles. The number of anilines is 1. The lowest BCUT2D eigenvalue weighted by Crippen LogP contribution is -2.34. The highest BCUT2D eigenvalue weighted by atomic mass is 16.4. The molecular weight excluding hydrogens is 278 g/mol. The molecule has 1 saturated heterocycles. The van der Waals surface area contributed by atoms with Gasteiger partial charge in [-0.25, -0.2) is 0 Å². The van der Waals surface area contributed by atoms with Crippen LogP contribution in [0.3, 0.4) is 0 Å². The van der Waals surface area contributed by atoms with Crippen LogP contribution in [-0.4, -0.2) is 32.8 Å². The van der Waals surface area contributed by atoms with E-state index in [0.29, 0.717) is 5.92 Å². The van der Waals surface area contributed by atoms with Crippen LogP contribution in [-0.2, 0) is 13.5 Å². The van der Waals surface area contributed by atoms with Gasteiger partial charge < -0.3 is 13.9 Å². The van der Waals surface area contributed by atoms with E-state index >= 15 is 0 Å². The molecule has 6 heteroatoms. The second-order valence-corrected chi connectivity index (χ2v) is 5.96. The first-order valence-corrected chi connectivity index (χ1v) is 7.73. The lowest BCUT2D eigenvalue weighted by molar-refractivity contribution is 0.380. The Bertz CT molecular complexity index is 737. The monoisotopic (exact) mass is 297 g/mol. The molecular formula is C16H19N5O. The number of aromatic nitrogens is 4. The minimum absolute atomic E-state index is 0.656. The quantitative estimate of drug-likeness (QED) is 0.743. The number of hydrogen-bond acceptors (Lipinski definition) is 5. The molecule has 3 aromatic rings. The first kappa shape index (κ1) is 13.3. The van der Waals surface area contributed by atoms with Gasteiger partial charge in [0, 0.05) is 26.6 Å². The smallest absolute Gasteiger partial charge is 0.298 e. The predicted molar refractivity (Wildman–Crippen MR) is 83.7 cm³/mol. The summed E-state index contributed by atoms with van der Waals surface area (Å²) in [6, 6.07) is 8.67. The third kappa shape index (κ3) is 2.45. The van der Waals surface area contributed by atoms with Gasteiger partial charge in [-0.05, 0) is 30.9 Å². The van der Waals surface area contributed by atoms with Crippen molar-refractivity contribution < 1.29 is 4.42 Å². The van der Waals surface area contributed by atoms with Crippen LogP contribution in [0.15, 0.2) is 35.0 Å². The van der Waals surface area contributed by atoms with Crippen molar-refractivity contribution in [2.45, 2.75) is 19.3 Å². The van der Waals surface area contributed by atoms with Crippen molar-refractivity contribution in [3.05, 3.63) is 36.4 Å². The van der Waals surface area contributed by atoms with E-state index in [1.807, 2.05) is 35.9 Å². The fourth-order valence-corrected chi connectivity index (χ4v) is 3.07. The molecule has 2 aromatic heterocycles. The molecule has 0 amide bonds. The summed E-state index contributed by atoms with van der Waals surface area (Å²) in [5.74, 6) is 1.73. The van der Waals surface area contributed by atoms with Crippen molar-refractivity contribution in [1.82, 2.24) is 19.7 Å². The fraction of sp³-hybridized carbons (Fsp3) is 0.438. The first-order valence-electron chi connectivity index (χ1n) is 7.73. The Morgan fingerprint density at radius 2 is 2.05 bits per heavy atom. The van der Waals surface area contributed by atoms with Gasteiger partial charge in [0.25, 0.3) is 6.01 Å². The number of nitrogens with zero attached hydrogens (tertiary/aromatic N) is 5. The number of benzene rings is 1. The molecule has 3 heterocycles. The maximum absolute atomic E-state index is 5.86. The van der Waals surface area contributed by atoms with Crippen molar-refractivity contribution >= 4 is 17.1 Å². The van der Waals surface area contributed by atoms with Crippen LogP contribution in [0, 0.1) is 5.92 Å². The van der Waals surface area contributed by atoms with Gasteiger partial charge in [-0.1, -0.05) is 12.1 Å². The van der Waals surface area contributed by atoms with Crippen molar-refractivity contribution in [2.75, 3.05) is 18.0 Å². The maximum Gasteiger partial charge on any atom is 0.298 e. The highest BCUT2D eigenvalue weighted by Crippen LogP contribution is 2.27. The SMILES string of the molecule is Cn1cnnc1CC1CCN(c2nc3ccccc3o2)CC1. The summed E-state index contributed by atoms with van der Waals surface area (Å²) in [4.78, 5) is 6.83. The average molecular weight is 297 g/mol. The Hall–Kier alpha value is -2.37. The van der Waals surface area contributed by atoms with Gasteiger partial charge in [0.2, 0.25) is 0 Å². The largest absolute Gasteiger partial charge is 0.423 e. The number of fused-ring (bicyclic) bond motifs is 1. The van der Waals surface area contributed by atoms with Crippen LogP contribution in [0.4, 0.5) is 6.01 Å². The normalized spacial score (nSPS) is 16.5. The van der Waals surface area contributed by atoms with E-state index in [1.165, 1.54) is 0 Å². The van der Waals surface area contributed by atoms with Crippen molar-refractivity contribution in [1.29, 1.82) is 0 Å². The second-order valence-electron chi connectivity index (χ2n) is 5.96. The van der Waals surface area contributed by atoms with Gasteiger partial charge in [-0.3, -0.25) is 0 Å². The zero-order chi connectivity index (χ0) is 14.9. The molecule has 4 rings (SSSR count). The van der Waals surface area contributed by atoms with Gasteiger partial charge in [0.15, 0.2) is 5.58 Å². The van der Waals surface area contributed by atoms with E-state index in [9.17, 15) is 0 Å². The van der Waals surface area contributed by atoms with Crippen molar-refractivity contribution in [3.63, 3.8) is 0 Å². The fourth-order valence-electron chi connectivity index (χ4n) is 3.07. The minimum atomic E-state index is 0.656. The van der Waals surface area contributed by atoms with E-state index in [4.69, 9.17) is 4.42 Å². The van der Waals surface area contributed by atoms with E-state index < -0.39 is 0 Å². The average Bonchev–Trinajstić information content (AvgIpc) is 3.15.